The first-order valence-corrected chi connectivity index (χ1v) is 8.72. The second-order valence-corrected chi connectivity index (χ2v) is 7.40. The number of carbonyl (C=O) groups is 1. The van der Waals surface area contributed by atoms with Crippen LogP contribution in [0.2, 0.25) is 0 Å². The maximum Gasteiger partial charge on any atom is 0.236 e. The average molecular weight is 339 g/mol. The molecule has 0 bridgehead atoms. The highest BCUT2D eigenvalue weighted by Gasteiger charge is 2.25. The van der Waals surface area contributed by atoms with Gasteiger partial charge in [-0.1, -0.05) is 26.0 Å². The molecular weight excluding hydrogens is 321 g/mol. The quantitative estimate of drug-likeness (QED) is 0.840. The lowest BCUT2D eigenvalue weighted by molar-refractivity contribution is -0.119. The first kappa shape index (κ1) is 17.1. The highest BCUT2D eigenvalue weighted by Crippen LogP contribution is 2.22. The molecule has 0 aliphatic heterocycles. The van der Waals surface area contributed by atoms with Crippen molar-refractivity contribution in [2.24, 2.45) is 5.92 Å². The number of hydrogen-bond acceptors (Lipinski definition) is 4. The molecule has 2 rings (SSSR count). The minimum absolute atomic E-state index is 0.00993. The summed E-state index contributed by atoms with van der Waals surface area (Å²) < 4.78 is 37.1. The Bertz CT molecular complexity index is 756. The summed E-state index contributed by atoms with van der Waals surface area (Å²) in [5.41, 5.74) is 0.713. The topological polar surface area (TPSA) is 91.9 Å². The Balaban J connectivity index is 2.11. The molecule has 0 aliphatic rings. The largest absolute Gasteiger partial charge is 0.348 e. The number of nitrogens with zero attached hydrogens (tertiary/aromatic N) is 1. The van der Waals surface area contributed by atoms with Gasteiger partial charge in [-0.15, -0.1) is 0 Å². The van der Waals surface area contributed by atoms with E-state index in [-0.39, 0.29) is 16.9 Å². The number of rotatable bonds is 6. The Labute approximate surface area is 134 Å². The zero-order valence-corrected chi connectivity index (χ0v) is 13.6. The summed E-state index contributed by atoms with van der Waals surface area (Å²) in [6, 6.07) is 5.34. The summed E-state index contributed by atoms with van der Waals surface area (Å²) >= 11 is 0. The van der Waals surface area contributed by atoms with Gasteiger partial charge in [-0.2, -0.15) is 0 Å². The van der Waals surface area contributed by atoms with Crippen molar-refractivity contribution >= 4 is 15.7 Å². The van der Waals surface area contributed by atoms with E-state index in [1.807, 2.05) is 13.8 Å². The van der Waals surface area contributed by atoms with Gasteiger partial charge in [0.25, 0.3) is 0 Å². The molecule has 1 aromatic heterocycles. The summed E-state index contributed by atoms with van der Waals surface area (Å²) in [4.78, 5) is 18.2. The standard InChI is InChI=1S/C15H18FN3O3S/c1-10(2)14(11-3-5-12(16)6-4-11)19-13(20)9-23(21,22)15-17-7-8-18-15/h3-8,10,14H,9H2,1-2H3,(H,17,18)(H,19,20). The number of halogens is 1. The van der Waals surface area contributed by atoms with E-state index in [1.165, 1.54) is 24.5 Å². The smallest absolute Gasteiger partial charge is 0.236 e. The van der Waals surface area contributed by atoms with Crippen molar-refractivity contribution in [1.29, 1.82) is 0 Å². The van der Waals surface area contributed by atoms with Gasteiger partial charge in [0, 0.05) is 12.4 Å². The van der Waals surface area contributed by atoms with E-state index >= 15 is 0 Å². The van der Waals surface area contributed by atoms with Crippen LogP contribution < -0.4 is 5.32 Å². The second-order valence-electron chi connectivity index (χ2n) is 5.49. The number of aromatic nitrogens is 2. The summed E-state index contributed by atoms with van der Waals surface area (Å²) in [6.45, 7) is 3.77. The SMILES string of the molecule is CC(C)C(NC(=O)CS(=O)(=O)c1ncc[nH]1)c1ccc(F)cc1. The zero-order chi connectivity index (χ0) is 17.0. The highest BCUT2D eigenvalue weighted by atomic mass is 32.2. The van der Waals surface area contributed by atoms with E-state index in [2.05, 4.69) is 15.3 Å². The molecule has 2 aromatic rings. The van der Waals surface area contributed by atoms with Crippen molar-refractivity contribution in [2.75, 3.05) is 5.75 Å². The number of hydrogen-bond donors (Lipinski definition) is 2. The lowest BCUT2D eigenvalue weighted by atomic mass is 9.96. The van der Waals surface area contributed by atoms with Crippen LogP contribution >= 0.6 is 0 Å². The van der Waals surface area contributed by atoms with E-state index in [0.29, 0.717) is 5.56 Å². The monoisotopic (exact) mass is 339 g/mol. The van der Waals surface area contributed by atoms with Crippen LogP contribution in [-0.2, 0) is 14.6 Å². The van der Waals surface area contributed by atoms with Crippen molar-refractivity contribution < 1.29 is 17.6 Å². The van der Waals surface area contributed by atoms with Gasteiger partial charge in [0.1, 0.15) is 11.6 Å². The predicted molar refractivity (Wildman–Crippen MR) is 82.8 cm³/mol. The molecule has 0 aliphatic carbocycles. The van der Waals surface area contributed by atoms with Crippen molar-refractivity contribution in [3.63, 3.8) is 0 Å². The minimum atomic E-state index is -3.82. The minimum Gasteiger partial charge on any atom is -0.348 e. The Kier molecular flexibility index (Phi) is 5.15. The van der Waals surface area contributed by atoms with Crippen LogP contribution in [0.1, 0.15) is 25.5 Å². The first-order chi connectivity index (χ1) is 10.8. The van der Waals surface area contributed by atoms with Gasteiger partial charge < -0.3 is 10.3 Å². The molecule has 1 atom stereocenters. The molecular formula is C15H18FN3O3S. The Morgan fingerprint density at radius 3 is 2.48 bits per heavy atom. The summed E-state index contributed by atoms with van der Waals surface area (Å²) in [5.74, 6) is -1.70. The van der Waals surface area contributed by atoms with E-state index < -0.39 is 27.5 Å². The van der Waals surface area contributed by atoms with Gasteiger partial charge >= 0.3 is 0 Å². The molecule has 0 saturated heterocycles. The third kappa shape index (κ3) is 4.38. The van der Waals surface area contributed by atoms with Crippen LogP contribution in [0.25, 0.3) is 0 Å². The maximum atomic E-state index is 13.0. The van der Waals surface area contributed by atoms with Crippen molar-refractivity contribution in [2.45, 2.75) is 25.0 Å². The number of aromatic amines is 1. The third-order valence-corrected chi connectivity index (χ3v) is 4.76. The number of nitrogens with one attached hydrogen (secondary N) is 2. The first-order valence-electron chi connectivity index (χ1n) is 7.06. The van der Waals surface area contributed by atoms with Gasteiger partial charge in [0.15, 0.2) is 0 Å². The fourth-order valence-corrected chi connectivity index (χ4v) is 3.22. The number of carbonyl (C=O) groups excluding carboxylic acids is 1. The van der Waals surface area contributed by atoms with Crippen molar-refractivity contribution in [1.82, 2.24) is 15.3 Å². The summed E-state index contributed by atoms with van der Waals surface area (Å²) in [6.07, 6.45) is 2.68. The molecule has 1 heterocycles. The van der Waals surface area contributed by atoms with Crippen LogP contribution in [0, 0.1) is 11.7 Å². The van der Waals surface area contributed by atoms with E-state index in [1.54, 1.807) is 12.1 Å². The van der Waals surface area contributed by atoms with Gasteiger partial charge in [-0.25, -0.2) is 17.8 Å². The number of amides is 1. The Hall–Kier alpha value is -2.22. The number of imidazole rings is 1. The Morgan fingerprint density at radius 1 is 1.30 bits per heavy atom. The third-order valence-electron chi connectivity index (χ3n) is 3.30. The summed E-state index contributed by atoms with van der Waals surface area (Å²) in [5, 5.41) is 2.45. The van der Waals surface area contributed by atoms with Gasteiger partial charge in [0.05, 0.1) is 6.04 Å². The normalized spacial score (nSPS) is 13.0. The molecule has 1 aromatic carbocycles. The number of sulfone groups is 1. The average Bonchev–Trinajstić information content (AvgIpc) is 3.00. The molecule has 2 N–H and O–H groups in total. The zero-order valence-electron chi connectivity index (χ0n) is 12.8. The molecule has 124 valence electrons. The fourth-order valence-electron chi connectivity index (χ4n) is 2.18. The molecule has 0 radical (unpaired) electrons. The van der Waals surface area contributed by atoms with E-state index in [0.717, 1.165) is 0 Å². The van der Waals surface area contributed by atoms with Crippen LogP contribution in [0.3, 0.4) is 0 Å². The summed E-state index contributed by atoms with van der Waals surface area (Å²) in [7, 11) is -3.82. The molecule has 6 nitrogen and oxygen atoms in total. The van der Waals surface area contributed by atoms with Gasteiger partial charge in [-0.05, 0) is 23.6 Å². The lowest BCUT2D eigenvalue weighted by Gasteiger charge is -2.22. The second kappa shape index (κ2) is 6.91. The molecule has 0 spiro atoms. The Morgan fingerprint density at radius 2 is 1.96 bits per heavy atom. The van der Waals surface area contributed by atoms with Gasteiger partial charge in [0.2, 0.25) is 20.9 Å². The maximum absolute atomic E-state index is 13.0. The van der Waals surface area contributed by atoms with Crippen molar-refractivity contribution in [3.8, 4) is 0 Å². The van der Waals surface area contributed by atoms with E-state index in [9.17, 15) is 17.6 Å². The molecule has 8 heteroatoms. The van der Waals surface area contributed by atoms with Crippen LogP contribution in [0.15, 0.2) is 41.8 Å². The fraction of sp³-hybridized carbons (Fsp3) is 0.333. The predicted octanol–water partition coefficient (Wildman–Crippen LogP) is 1.84. The molecule has 1 unspecified atom stereocenters. The van der Waals surface area contributed by atoms with Crippen molar-refractivity contribution in [3.05, 3.63) is 48.0 Å². The number of benzene rings is 1. The van der Waals surface area contributed by atoms with Crippen LogP contribution in [0.4, 0.5) is 4.39 Å². The van der Waals surface area contributed by atoms with E-state index in [4.69, 9.17) is 0 Å². The van der Waals surface area contributed by atoms with Crippen LogP contribution in [-0.4, -0.2) is 30.0 Å². The molecule has 0 saturated carbocycles. The molecule has 1 amide bonds. The van der Waals surface area contributed by atoms with Crippen LogP contribution in [0.5, 0.6) is 0 Å². The van der Waals surface area contributed by atoms with Gasteiger partial charge in [-0.3, -0.25) is 4.79 Å². The highest BCUT2D eigenvalue weighted by molar-refractivity contribution is 7.91. The molecule has 0 fully saturated rings. The molecule has 23 heavy (non-hydrogen) atoms. The number of H-pyrrole nitrogens is 1. The lowest BCUT2D eigenvalue weighted by Crippen LogP contribution is -2.36.